The van der Waals surface area contributed by atoms with Crippen LogP contribution in [0.2, 0.25) is 0 Å². The van der Waals surface area contributed by atoms with Gasteiger partial charge in [-0.1, -0.05) is 12.8 Å². The summed E-state index contributed by atoms with van der Waals surface area (Å²) in [6.07, 6.45) is 5.14. The Kier molecular flexibility index (Phi) is 4.48. The number of rotatable bonds is 2. The topological polar surface area (TPSA) is 39.2 Å². The highest BCUT2D eigenvalue weighted by atomic mass is 79.9. The summed E-state index contributed by atoms with van der Waals surface area (Å²) in [6.45, 7) is 0. The molecule has 0 radical (unpaired) electrons. The zero-order chi connectivity index (χ0) is 9.26. The summed E-state index contributed by atoms with van der Waals surface area (Å²) in [4.78, 5) is 0. The van der Waals surface area contributed by atoms with Crippen molar-refractivity contribution in [2.75, 3.05) is 0 Å². The van der Waals surface area contributed by atoms with Crippen molar-refractivity contribution in [2.24, 2.45) is 11.7 Å². The second kappa shape index (κ2) is 5.19. The normalized spacial score (nSPS) is 19.3. The van der Waals surface area contributed by atoms with Gasteiger partial charge >= 0.3 is 0 Å². The van der Waals surface area contributed by atoms with Gasteiger partial charge in [-0.2, -0.15) is 0 Å². The van der Waals surface area contributed by atoms with Gasteiger partial charge in [0.2, 0.25) is 0 Å². The largest absolute Gasteiger partial charge is 0.453 e. The third kappa shape index (κ3) is 2.53. The van der Waals surface area contributed by atoms with E-state index in [1.54, 1.807) is 0 Å². The molecule has 0 spiro atoms. The summed E-state index contributed by atoms with van der Waals surface area (Å²) >= 11 is 3.29. The highest BCUT2D eigenvalue weighted by Gasteiger charge is 2.25. The van der Waals surface area contributed by atoms with Crippen molar-refractivity contribution in [1.82, 2.24) is 0 Å². The molecule has 2 nitrogen and oxygen atoms in total. The molecular formula is C10H15BrClNO. The molecule has 0 amide bonds. The lowest BCUT2D eigenvalue weighted by Gasteiger charge is -2.15. The van der Waals surface area contributed by atoms with Crippen molar-refractivity contribution in [3.63, 3.8) is 0 Å². The van der Waals surface area contributed by atoms with Crippen molar-refractivity contribution >= 4 is 28.3 Å². The van der Waals surface area contributed by atoms with E-state index < -0.39 is 0 Å². The zero-order valence-corrected chi connectivity index (χ0v) is 10.3. The number of nitrogens with two attached hydrogens (primary N) is 1. The molecule has 1 aromatic rings. The first-order chi connectivity index (χ1) is 6.27. The Morgan fingerprint density at radius 1 is 1.36 bits per heavy atom. The third-order valence-electron chi connectivity index (χ3n) is 2.83. The van der Waals surface area contributed by atoms with Crippen molar-refractivity contribution < 1.29 is 4.42 Å². The minimum atomic E-state index is 0. The fraction of sp³-hybridized carbons (Fsp3) is 0.600. The summed E-state index contributed by atoms with van der Waals surface area (Å²) in [7, 11) is 0. The highest BCUT2D eigenvalue weighted by molar-refractivity contribution is 9.10. The molecule has 0 bridgehead atoms. The minimum Gasteiger partial charge on any atom is -0.453 e. The summed E-state index contributed by atoms with van der Waals surface area (Å²) in [5.41, 5.74) is 6.10. The lowest BCUT2D eigenvalue weighted by atomic mass is 9.97. The predicted octanol–water partition coefficient (Wildman–Crippen LogP) is 3.65. The Hall–Kier alpha value is 0.01000. The van der Waals surface area contributed by atoms with Gasteiger partial charge in [-0.3, -0.25) is 0 Å². The number of hydrogen-bond donors (Lipinski definition) is 1. The maximum absolute atomic E-state index is 6.10. The lowest BCUT2D eigenvalue weighted by molar-refractivity contribution is 0.362. The van der Waals surface area contributed by atoms with Crippen molar-refractivity contribution in [3.05, 3.63) is 22.6 Å². The van der Waals surface area contributed by atoms with E-state index in [4.69, 9.17) is 10.2 Å². The van der Waals surface area contributed by atoms with Crippen LogP contribution in [0.1, 0.15) is 37.5 Å². The van der Waals surface area contributed by atoms with E-state index in [-0.39, 0.29) is 18.4 Å². The van der Waals surface area contributed by atoms with Gasteiger partial charge in [0.1, 0.15) is 5.76 Å². The van der Waals surface area contributed by atoms with Crippen LogP contribution in [0.4, 0.5) is 0 Å². The Labute approximate surface area is 98.8 Å². The van der Waals surface area contributed by atoms with Gasteiger partial charge in [0.15, 0.2) is 4.67 Å². The molecule has 4 heteroatoms. The number of furan rings is 1. The van der Waals surface area contributed by atoms with Gasteiger partial charge in [-0.05, 0) is 46.8 Å². The van der Waals surface area contributed by atoms with Crippen molar-refractivity contribution in [3.8, 4) is 0 Å². The molecule has 1 saturated carbocycles. The smallest absolute Gasteiger partial charge is 0.169 e. The summed E-state index contributed by atoms with van der Waals surface area (Å²) in [6, 6.07) is 3.96. The van der Waals surface area contributed by atoms with Gasteiger partial charge in [-0.25, -0.2) is 0 Å². The van der Waals surface area contributed by atoms with E-state index in [9.17, 15) is 0 Å². The molecule has 1 aromatic heterocycles. The van der Waals surface area contributed by atoms with Crippen LogP contribution in [0.3, 0.4) is 0 Å². The third-order valence-corrected chi connectivity index (χ3v) is 3.26. The van der Waals surface area contributed by atoms with E-state index in [2.05, 4.69) is 15.9 Å². The fourth-order valence-electron chi connectivity index (χ4n) is 2.06. The molecule has 1 aliphatic carbocycles. The Morgan fingerprint density at radius 2 is 2.00 bits per heavy atom. The van der Waals surface area contributed by atoms with Crippen LogP contribution in [-0.4, -0.2) is 0 Å². The molecule has 1 heterocycles. The quantitative estimate of drug-likeness (QED) is 0.898. The van der Waals surface area contributed by atoms with Crippen LogP contribution in [-0.2, 0) is 0 Å². The van der Waals surface area contributed by atoms with E-state index in [1.807, 2.05) is 12.1 Å². The molecule has 2 rings (SSSR count). The second-order valence-electron chi connectivity index (χ2n) is 3.71. The Morgan fingerprint density at radius 3 is 2.50 bits per heavy atom. The molecule has 1 fully saturated rings. The van der Waals surface area contributed by atoms with Crippen LogP contribution in [0.15, 0.2) is 21.2 Å². The lowest BCUT2D eigenvalue weighted by Crippen LogP contribution is -2.18. The van der Waals surface area contributed by atoms with E-state index in [1.165, 1.54) is 25.7 Å². The summed E-state index contributed by atoms with van der Waals surface area (Å²) in [5.74, 6) is 1.54. The number of hydrogen-bond acceptors (Lipinski definition) is 2. The van der Waals surface area contributed by atoms with E-state index in [0.29, 0.717) is 5.92 Å². The van der Waals surface area contributed by atoms with E-state index >= 15 is 0 Å². The zero-order valence-electron chi connectivity index (χ0n) is 7.91. The van der Waals surface area contributed by atoms with Crippen LogP contribution < -0.4 is 5.73 Å². The molecular weight excluding hydrogens is 265 g/mol. The standard InChI is InChI=1S/C10H14BrNO.ClH/c11-9-6-5-8(13-9)10(12)7-3-1-2-4-7;/h5-7,10H,1-4,12H2;1H/t10-;/m0./s1. The van der Waals surface area contributed by atoms with Crippen LogP contribution in [0.25, 0.3) is 0 Å². The molecule has 0 saturated heterocycles. The van der Waals surface area contributed by atoms with Gasteiger partial charge in [0.05, 0.1) is 6.04 Å². The number of halogens is 2. The van der Waals surface area contributed by atoms with Gasteiger partial charge in [0, 0.05) is 0 Å². The fourth-order valence-corrected chi connectivity index (χ4v) is 2.38. The predicted molar refractivity (Wildman–Crippen MR) is 62.5 cm³/mol. The van der Waals surface area contributed by atoms with Crippen molar-refractivity contribution in [2.45, 2.75) is 31.7 Å². The highest BCUT2D eigenvalue weighted by Crippen LogP contribution is 2.35. The molecule has 0 unspecified atom stereocenters. The minimum absolute atomic E-state index is 0. The first-order valence-electron chi connectivity index (χ1n) is 4.78. The van der Waals surface area contributed by atoms with Gasteiger partial charge < -0.3 is 10.2 Å². The first kappa shape index (κ1) is 12.1. The molecule has 14 heavy (non-hydrogen) atoms. The average molecular weight is 281 g/mol. The van der Waals surface area contributed by atoms with Crippen LogP contribution in [0, 0.1) is 5.92 Å². The average Bonchev–Trinajstić information content (AvgIpc) is 2.72. The van der Waals surface area contributed by atoms with Gasteiger partial charge in [0.25, 0.3) is 0 Å². The van der Waals surface area contributed by atoms with Crippen LogP contribution >= 0.6 is 28.3 Å². The summed E-state index contributed by atoms with van der Waals surface area (Å²) < 4.78 is 6.22. The van der Waals surface area contributed by atoms with Crippen molar-refractivity contribution in [1.29, 1.82) is 0 Å². The van der Waals surface area contributed by atoms with E-state index in [0.717, 1.165) is 10.4 Å². The molecule has 0 aromatic carbocycles. The monoisotopic (exact) mass is 279 g/mol. The molecule has 1 atom stereocenters. The molecule has 0 aliphatic heterocycles. The maximum Gasteiger partial charge on any atom is 0.169 e. The Bertz CT molecular complexity index is 283. The molecule has 1 aliphatic rings. The summed E-state index contributed by atoms with van der Waals surface area (Å²) in [5, 5.41) is 0. The second-order valence-corrected chi connectivity index (χ2v) is 4.49. The maximum atomic E-state index is 6.10. The molecule has 2 N–H and O–H groups in total. The Balaban J connectivity index is 0.000000980. The molecule has 80 valence electrons. The SMILES string of the molecule is Cl.N[C@H](c1ccc(Br)o1)C1CCCC1. The van der Waals surface area contributed by atoms with Gasteiger partial charge in [-0.15, -0.1) is 12.4 Å². The first-order valence-corrected chi connectivity index (χ1v) is 5.57. The van der Waals surface area contributed by atoms with Crippen LogP contribution in [0.5, 0.6) is 0 Å².